The molecule has 0 radical (unpaired) electrons. The predicted octanol–water partition coefficient (Wildman–Crippen LogP) is 3.98. The van der Waals surface area contributed by atoms with Gasteiger partial charge in [-0.3, -0.25) is 0 Å². The van der Waals surface area contributed by atoms with Gasteiger partial charge in [0.1, 0.15) is 0 Å². The first-order valence-electron chi connectivity index (χ1n) is 7.49. The molecule has 1 heteroatoms. The lowest BCUT2D eigenvalue weighted by atomic mass is 9.81. The minimum Gasteiger partial charge on any atom is -0.314 e. The Bertz CT molecular complexity index is 194. The van der Waals surface area contributed by atoms with Crippen LogP contribution in [0.25, 0.3) is 0 Å². The molecule has 2 saturated carbocycles. The van der Waals surface area contributed by atoms with Gasteiger partial charge in [-0.2, -0.15) is 0 Å². The lowest BCUT2D eigenvalue weighted by Crippen LogP contribution is -2.33. The van der Waals surface area contributed by atoms with Gasteiger partial charge in [0, 0.05) is 6.04 Å². The van der Waals surface area contributed by atoms with Gasteiger partial charge >= 0.3 is 0 Å². The molecular formula is C15H29N. The molecule has 0 aromatic heterocycles. The highest BCUT2D eigenvalue weighted by atomic mass is 14.9. The molecule has 0 heterocycles. The van der Waals surface area contributed by atoms with E-state index in [1.807, 2.05) is 0 Å². The number of rotatable bonds is 4. The van der Waals surface area contributed by atoms with Crippen molar-refractivity contribution < 1.29 is 0 Å². The van der Waals surface area contributed by atoms with E-state index in [1.54, 1.807) is 0 Å². The fourth-order valence-corrected chi connectivity index (χ4v) is 3.54. The Kier molecular flexibility index (Phi) is 4.69. The zero-order chi connectivity index (χ0) is 11.4. The van der Waals surface area contributed by atoms with Crippen molar-refractivity contribution in [1.29, 1.82) is 0 Å². The van der Waals surface area contributed by atoms with Crippen LogP contribution in [0.1, 0.15) is 65.2 Å². The molecule has 0 bridgehead atoms. The summed E-state index contributed by atoms with van der Waals surface area (Å²) < 4.78 is 0. The molecule has 2 rings (SSSR count). The fraction of sp³-hybridized carbons (Fsp3) is 1.00. The summed E-state index contributed by atoms with van der Waals surface area (Å²) in [5.74, 6) is 2.95. The monoisotopic (exact) mass is 223 g/mol. The highest BCUT2D eigenvalue weighted by Gasteiger charge is 2.23. The summed E-state index contributed by atoms with van der Waals surface area (Å²) in [5, 5.41) is 3.79. The molecule has 16 heavy (non-hydrogen) atoms. The summed E-state index contributed by atoms with van der Waals surface area (Å²) in [6.45, 7) is 6.09. The van der Waals surface area contributed by atoms with Gasteiger partial charge in [-0.25, -0.2) is 0 Å². The molecule has 1 nitrogen and oxygen atoms in total. The summed E-state index contributed by atoms with van der Waals surface area (Å²) in [6, 6.07) is 0.836. The van der Waals surface area contributed by atoms with Crippen molar-refractivity contribution in [2.45, 2.75) is 71.3 Å². The molecular weight excluding hydrogens is 194 g/mol. The van der Waals surface area contributed by atoms with E-state index in [4.69, 9.17) is 0 Å². The summed E-state index contributed by atoms with van der Waals surface area (Å²) >= 11 is 0. The Labute approximate surface area is 101 Å². The van der Waals surface area contributed by atoms with Crippen molar-refractivity contribution in [2.24, 2.45) is 17.8 Å². The van der Waals surface area contributed by atoms with Crippen LogP contribution in [0.3, 0.4) is 0 Å². The maximum Gasteiger partial charge on any atom is 0.00926 e. The Morgan fingerprint density at radius 1 is 0.938 bits per heavy atom. The van der Waals surface area contributed by atoms with E-state index in [9.17, 15) is 0 Å². The lowest BCUT2D eigenvalue weighted by Gasteiger charge is -2.27. The van der Waals surface area contributed by atoms with Crippen LogP contribution in [0.15, 0.2) is 0 Å². The molecule has 0 aromatic carbocycles. The van der Waals surface area contributed by atoms with Gasteiger partial charge in [-0.1, -0.05) is 46.0 Å². The van der Waals surface area contributed by atoms with Crippen LogP contribution in [-0.4, -0.2) is 12.6 Å². The zero-order valence-corrected chi connectivity index (χ0v) is 11.2. The molecule has 2 aliphatic rings. The van der Waals surface area contributed by atoms with Crippen LogP contribution < -0.4 is 5.32 Å². The van der Waals surface area contributed by atoms with E-state index in [-0.39, 0.29) is 0 Å². The standard InChI is InChI=1S/C15H29N/c1-12-6-8-14(9-7-12)10-11-16-15-5-3-4-13(15)2/h12-16H,3-11H2,1-2H3. The number of hydrogen-bond donors (Lipinski definition) is 1. The number of nitrogens with one attached hydrogen (secondary N) is 1. The highest BCUT2D eigenvalue weighted by Crippen LogP contribution is 2.30. The Balaban J connectivity index is 1.57. The van der Waals surface area contributed by atoms with Crippen LogP contribution in [0.5, 0.6) is 0 Å². The second kappa shape index (κ2) is 6.05. The molecule has 94 valence electrons. The molecule has 0 amide bonds. The van der Waals surface area contributed by atoms with Crippen LogP contribution in [0.4, 0.5) is 0 Å². The molecule has 1 N–H and O–H groups in total. The van der Waals surface area contributed by atoms with Crippen molar-refractivity contribution in [2.75, 3.05) is 6.54 Å². The van der Waals surface area contributed by atoms with Crippen LogP contribution >= 0.6 is 0 Å². The maximum absolute atomic E-state index is 3.79. The van der Waals surface area contributed by atoms with Crippen molar-refractivity contribution in [3.63, 3.8) is 0 Å². The second-order valence-electron chi connectivity index (χ2n) is 6.38. The van der Waals surface area contributed by atoms with E-state index in [0.29, 0.717) is 0 Å². The molecule has 2 fully saturated rings. The summed E-state index contributed by atoms with van der Waals surface area (Å²) in [4.78, 5) is 0. The van der Waals surface area contributed by atoms with Gasteiger partial charge in [-0.15, -0.1) is 0 Å². The minimum absolute atomic E-state index is 0.836. The normalized spacial score (nSPS) is 40.1. The van der Waals surface area contributed by atoms with E-state index >= 15 is 0 Å². The predicted molar refractivity (Wildman–Crippen MR) is 70.5 cm³/mol. The molecule has 2 aliphatic carbocycles. The van der Waals surface area contributed by atoms with Crippen LogP contribution in [-0.2, 0) is 0 Å². The third-order valence-electron chi connectivity index (χ3n) is 4.96. The first-order chi connectivity index (χ1) is 7.75. The van der Waals surface area contributed by atoms with E-state index in [1.165, 1.54) is 57.9 Å². The topological polar surface area (TPSA) is 12.0 Å². The lowest BCUT2D eigenvalue weighted by molar-refractivity contribution is 0.269. The van der Waals surface area contributed by atoms with Crippen LogP contribution in [0, 0.1) is 17.8 Å². The van der Waals surface area contributed by atoms with Gasteiger partial charge in [0.25, 0.3) is 0 Å². The smallest absolute Gasteiger partial charge is 0.00926 e. The summed E-state index contributed by atoms with van der Waals surface area (Å²) in [6.07, 6.45) is 11.7. The SMILES string of the molecule is CC1CCC(CCNC2CCCC2C)CC1. The van der Waals surface area contributed by atoms with E-state index in [2.05, 4.69) is 19.2 Å². The van der Waals surface area contributed by atoms with Gasteiger partial charge in [0.2, 0.25) is 0 Å². The highest BCUT2D eigenvalue weighted by molar-refractivity contribution is 4.80. The van der Waals surface area contributed by atoms with Crippen molar-refractivity contribution in [3.05, 3.63) is 0 Å². The zero-order valence-electron chi connectivity index (χ0n) is 11.2. The van der Waals surface area contributed by atoms with E-state index in [0.717, 1.165) is 23.8 Å². The fourth-order valence-electron chi connectivity index (χ4n) is 3.54. The molecule has 2 atom stereocenters. The Morgan fingerprint density at radius 2 is 1.69 bits per heavy atom. The average Bonchev–Trinajstić information content (AvgIpc) is 2.68. The first-order valence-corrected chi connectivity index (χ1v) is 7.49. The Morgan fingerprint density at radius 3 is 2.31 bits per heavy atom. The maximum atomic E-state index is 3.79. The van der Waals surface area contributed by atoms with Gasteiger partial charge in [0.05, 0.1) is 0 Å². The largest absolute Gasteiger partial charge is 0.314 e. The van der Waals surface area contributed by atoms with Crippen molar-refractivity contribution in [1.82, 2.24) is 5.32 Å². The first kappa shape index (κ1) is 12.4. The second-order valence-corrected chi connectivity index (χ2v) is 6.38. The van der Waals surface area contributed by atoms with E-state index < -0.39 is 0 Å². The molecule has 0 aromatic rings. The van der Waals surface area contributed by atoms with Gasteiger partial charge in [0.15, 0.2) is 0 Å². The average molecular weight is 223 g/mol. The van der Waals surface area contributed by atoms with Gasteiger partial charge < -0.3 is 5.32 Å². The van der Waals surface area contributed by atoms with Crippen molar-refractivity contribution in [3.8, 4) is 0 Å². The van der Waals surface area contributed by atoms with Gasteiger partial charge in [-0.05, 0) is 43.6 Å². The quantitative estimate of drug-likeness (QED) is 0.760. The molecule has 0 spiro atoms. The molecule has 0 aliphatic heterocycles. The third kappa shape index (κ3) is 3.48. The minimum atomic E-state index is 0.836. The third-order valence-corrected chi connectivity index (χ3v) is 4.96. The summed E-state index contributed by atoms with van der Waals surface area (Å²) in [5.41, 5.74) is 0. The molecule has 0 saturated heterocycles. The summed E-state index contributed by atoms with van der Waals surface area (Å²) in [7, 11) is 0. The van der Waals surface area contributed by atoms with Crippen molar-refractivity contribution >= 4 is 0 Å². The Hall–Kier alpha value is -0.0400. The van der Waals surface area contributed by atoms with Crippen LogP contribution in [0.2, 0.25) is 0 Å². The molecule has 2 unspecified atom stereocenters. The number of hydrogen-bond acceptors (Lipinski definition) is 1.